The maximum atomic E-state index is 12.4. The molecule has 2 N–H and O–H groups in total. The van der Waals surface area contributed by atoms with Crippen LogP contribution in [0.25, 0.3) is 0 Å². The predicted octanol–water partition coefficient (Wildman–Crippen LogP) is 3.42. The number of nitrogens with one attached hydrogen (secondary N) is 2. The van der Waals surface area contributed by atoms with E-state index in [9.17, 15) is 4.79 Å². The molecule has 4 nitrogen and oxygen atoms in total. The topological polar surface area (TPSA) is 54.3 Å². The molecule has 2 aromatic heterocycles. The molecule has 2 saturated heterocycles. The van der Waals surface area contributed by atoms with Crippen LogP contribution in [-0.4, -0.2) is 24.0 Å². The summed E-state index contributed by atoms with van der Waals surface area (Å²) in [6, 6.07) is 9.16. The summed E-state index contributed by atoms with van der Waals surface area (Å²) in [4.78, 5) is 13.2. The second kappa shape index (κ2) is 5.76. The smallest absolute Gasteiger partial charge is 0.261 e. The lowest BCUT2D eigenvalue weighted by Crippen LogP contribution is -2.42. The zero-order chi connectivity index (χ0) is 15.1. The molecule has 0 saturated carbocycles. The van der Waals surface area contributed by atoms with E-state index in [0.717, 1.165) is 26.4 Å². The Hall–Kier alpha value is -1.24. The van der Waals surface area contributed by atoms with Crippen molar-refractivity contribution in [3.63, 3.8) is 0 Å². The van der Waals surface area contributed by atoms with Crippen LogP contribution in [0.4, 0.5) is 0 Å². The van der Waals surface area contributed by atoms with Crippen LogP contribution in [0.15, 0.2) is 38.0 Å². The number of hydrogen-bond donors (Lipinski definition) is 2. The number of carbonyl (C=O) groups is 1. The normalized spacial score (nSPS) is 26.5. The lowest BCUT2D eigenvalue weighted by Gasteiger charge is -2.20. The molecule has 0 spiro atoms. The highest BCUT2D eigenvalue weighted by molar-refractivity contribution is 8.01. The van der Waals surface area contributed by atoms with Crippen molar-refractivity contribution in [3.05, 3.63) is 34.9 Å². The number of amides is 1. The van der Waals surface area contributed by atoms with E-state index in [0.29, 0.717) is 12.1 Å². The quantitative estimate of drug-likeness (QED) is 0.899. The molecule has 2 aliphatic heterocycles. The Labute approximate surface area is 137 Å². The van der Waals surface area contributed by atoms with E-state index < -0.39 is 0 Å². The van der Waals surface area contributed by atoms with Crippen LogP contribution in [0.2, 0.25) is 0 Å². The van der Waals surface area contributed by atoms with Gasteiger partial charge in [-0.05, 0) is 62.2 Å². The van der Waals surface area contributed by atoms with E-state index in [4.69, 9.17) is 4.42 Å². The van der Waals surface area contributed by atoms with E-state index >= 15 is 0 Å². The van der Waals surface area contributed by atoms with E-state index in [1.807, 2.05) is 31.2 Å². The summed E-state index contributed by atoms with van der Waals surface area (Å²) in [7, 11) is 0. The minimum atomic E-state index is 0.0480. The maximum Gasteiger partial charge on any atom is 0.261 e. The largest absolute Gasteiger partial charge is 0.455 e. The first-order chi connectivity index (χ1) is 10.7. The molecule has 0 aliphatic carbocycles. The Balaban J connectivity index is 1.39. The fourth-order valence-corrected chi connectivity index (χ4v) is 5.25. The van der Waals surface area contributed by atoms with Gasteiger partial charge in [0.05, 0.1) is 9.09 Å². The molecule has 0 radical (unpaired) electrons. The minimum Gasteiger partial charge on any atom is -0.455 e. The van der Waals surface area contributed by atoms with Gasteiger partial charge < -0.3 is 15.1 Å². The van der Waals surface area contributed by atoms with Gasteiger partial charge in [-0.3, -0.25) is 4.79 Å². The summed E-state index contributed by atoms with van der Waals surface area (Å²) in [5.74, 6) is 0.952. The standard InChI is InChI=1S/C16H18N2O2S2/c1-9-2-6-14(20-9)22-15-7-5-13(21-15)16(19)18-12-8-10-3-4-11(12)17-10/h2,5-7,10-12,17H,3-4,8H2,1H3,(H,18,19)/t10-,11+,12-/m1/s1. The monoisotopic (exact) mass is 334 g/mol. The summed E-state index contributed by atoms with van der Waals surface area (Å²) in [5, 5.41) is 7.60. The van der Waals surface area contributed by atoms with Gasteiger partial charge in [0.1, 0.15) is 5.76 Å². The zero-order valence-corrected chi connectivity index (χ0v) is 13.9. The molecular weight excluding hydrogens is 316 g/mol. The van der Waals surface area contributed by atoms with Crippen molar-refractivity contribution < 1.29 is 9.21 Å². The Morgan fingerprint density at radius 2 is 2.27 bits per heavy atom. The molecule has 1 amide bonds. The Bertz CT molecular complexity index is 694. The Morgan fingerprint density at radius 3 is 2.95 bits per heavy atom. The Morgan fingerprint density at radius 1 is 1.36 bits per heavy atom. The summed E-state index contributed by atoms with van der Waals surface area (Å²) < 4.78 is 6.63. The third kappa shape index (κ3) is 2.83. The number of thiophene rings is 1. The molecule has 6 heteroatoms. The number of rotatable bonds is 4. The zero-order valence-electron chi connectivity index (χ0n) is 12.3. The number of carbonyl (C=O) groups excluding carboxylic acids is 1. The minimum absolute atomic E-state index is 0.0480. The van der Waals surface area contributed by atoms with Crippen molar-refractivity contribution in [2.45, 2.75) is 53.6 Å². The van der Waals surface area contributed by atoms with Crippen molar-refractivity contribution in [1.29, 1.82) is 0 Å². The fraction of sp³-hybridized carbons (Fsp3) is 0.438. The molecule has 4 rings (SSSR count). The molecule has 2 fully saturated rings. The molecule has 22 heavy (non-hydrogen) atoms. The van der Waals surface area contributed by atoms with Gasteiger partial charge in [0, 0.05) is 18.1 Å². The van der Waals surface area contributed by atoms with E-state index in [1.54, 1.807) is 11.8 Å². The lowest BCUT2D eigenvalue weighted by atomic mass is 9.95. The van der Waals surface area contributed by atoms with Gasteiger partial charge in [-0.2, -0.15) is 0 Å². The van der Waals surface area contributed by atoms with Gasteiger partial charge in [-0.15, -0.1) is 11.3 Å². The molecule has 4 heterocycles. The second-order valence-corrected chi connectivity index (χ2v) is 8.34. The Kier molecular flexibility index (Phi) is 3.76. The van der Waals surface area contributed by atoms with Crippen LogP contribution in [-0.2, 0) is 0 Å². The highest BCUT2D eigenvalue weighted by Crippen LogP contribution is 2.35. The van der Waals surface area contributed by atoms with Crippen molar-refractivity contribution in [2.24, 2.45) is 0 Å². The SMILES string of the molecule is Cc1ccc(Sc2ccc(C(=O)N[C@@H]3C[C@H]4CC[C@@H]3N4)s2)o1. The summed E-state index contributed by atoms with van der Waals surface area (Å²) >= 11 is 3.08. The first-order valence-corrected chi connectivity index (χ1v) is 9.22. The molecule has 0 unspecified atom stereocenters. The van der Waals surface area contributed by atoms with Crippen molar-refractivity contribution in [2.75, 3.05) is 0 Å². The van der Waals surface area contributed by atoms with Gasteiger partial charge in [0.25, 0.3) is 5.91 Å². The maximum absolute atomic E-state index is 12.4. The number of fused-ring (bicyclic) bond motifs is 2. The summed E-state index contributed by atoms with van der Waals surface area (Å²) in [6.45, 7) is 1.93. The molecule has 0 aromatic carbocycles. The van der Waals surface area contributed by atoms with Crippen molar-refractivity contribution in [3.8, 4) is 0 Å². The summed E-state index contributed by atoms with van der Waals surface area (Å²) in [6.07, 6.45) is 3.49. The van der Waals surface area contributed by atoms with Gasteiger partial charge in [0.15, 0.2) is 5.09 Å². The molecule has 2 aromatic rings. The average molecular weight is 334 g/mol. The highest BCUT2D eigenvalue weighted by atomic mass is 32.2. The van der Waals surface area contributed by atoms with Crippen LogP contribution < -0.4 is 10.6 Å². The second-order valence-electron chi connectivity index (χ2n) is 5.95. The van der Waals surface area contributed by atoms with E-state index in [-0.39, 0.29) is 11.9 Å². The lowest BCUT2D eigenvalue weighted by molar-refractivity contribution is 0.0935. The van der Waals surface area contributed by atoms with E-state index in [1.165, 1.54) is 24.2 Å². The number of hydrogen-bond acceptors (Lipinski definition) is 5. The van der Waals surface area contributed by atoms with E-state index in [2.05, 4.69) is 10.6 Å². The third-order valence-corrected chi connectivity index (χ3v) is 6.48. The molecule has 116 valence electrons. The van der Waals surface area contributed by atoms with Crippen LogP contribution in [0.5, 0.6) is 0 Å². The van der Waals surface area contributed by atoms with Gasteiger partial charge in [0.2, 0.25) is 0 Å². The first kappa shape index (κ1) is 14.4. The van der Waals surface area contributed by atoms with Crippen LogP contribution in [0.1, 0.15) is 34.7 Å². The third-order valence-electron chi connectivity index (χ3n) is 4.34. The average Bonchev–Trinajstić information content (AvgIpc) is 3.24. The van der Waals surface area contributed by atoms with Crippen LogP contribution >= 0.6 is 23.1 Å². The van der Waals surface area contributed by atoms with Gasteiger partial charge in [-0.25, -0.2) is 0 Å². The molecular formula is C16H18N2O2S2. The fourth-order valence-electron chi connectivity index (χ4n) is 3.29. The first-order valence-electron chi connectivity index (χ1n) is 7.58. The number of furan rings is 1. The number of aryl methyl sites for hydroxylation is 1. The van der Waals surface area contributed by atoms with Gasteiger partial charge >= 0.3 is 0 Å². The van der Waals surface area contributed by atoms with Crippen molar-refractivity contribution in [1.82, 2.24) is 10.6 Å². The molecule has 2 aliphatic rings. The summed E-state index contributed by atoms with van der Waals surface area (Å²) in [5.41, 5.74) is 0. The molecule has 3 atom stereocenters. The predicted molar refractivity (Wildman–Crippen MR) is 87.7 cm³/mol. The highest BCUT2D eigenvalue weighted by Gasteiger charge is 2.39. The van der Waals surface area contributed by atoms with Gasteiger partial charge in [-0.1, -0.05) is 0 Å². The molecule has 2 bridgehead atoms. The van der Waals surface area contributed by atoms with Crippen LogP contribution in [0, 0.1) is 6.92 Å². The van der Waals surface area contributed by atoms with Crippen LogP contribution in [0.3, 0.4) is 0 Å². The van der Waals surface area contributed by atoms with Crippen molar-refractivity contribution >= 4 is 29.0 Å².